The van der Waals surface area contributed by atoms with E-state index in [9.17, 15) is 9.59 Å². The zero-order valence-electron chi connectivity index (χ0n) is 25.3. The molecule has 0 bridgehead atoms. The molecule has 1 heterocycles. The molecule has 1 saturated heterocycles. The van der Waals surface area contributed by atoms with E-state index in [1.165, 1.54) is 0 Å². The predicted octanol–water partition coefficient (Wildman–Crippen LogP) is 8.08. The molecule has 41 heavy (non-hydrogen) atoms. The molecule has 2 amide bonds. The molecule has 6 rings (SSSR count). The Labute approximate surface area is 243 Å². The monoisotopic (exact) mass is 542 g/mol. The minimum absolute atomic E-state index is 0.164. The fourth-order valence-corrected chi connectivity index (χ4v) is 7.44. The molecule has 0 radical (unpaired) electrons. The maximum absolute atomic E-state index is 14.7. The molecule has 4 aromatic carbocycles. The van der Waals surface area contributed by atoms with Gasteiger partial charge in [-0.25, -0.2) is 0 Å². The highest BCUT2D eigenvalue weighted by Gasteiger charge is 2.57. The number of amides is 2. The standard InChI is InChI=1S/C37H38N2O2/c1-21-17-23(3)32(24(4)18-21)38-34(31-29-15-11-9-13-27(29)28-14-10-12-16-30(28)31)39(36(41)37(7,8)35(38)40)33-25(5)19-22(2)20-26(33)6/h9-20,31,34H,1-8H3. The summed E-state index contributed by atoms with van der Waals surface area (Å²) in [5.41, 5.74) is 11.6. The third kappa shape index (κ3) is 3.95. The smallest absolute Gasteiger partial charge is 0.243 e. The molecule has 0 spiro atoms. The fraction of sp³-hybridized carbons (Fsp3) is 0.297. The highest BCUT2D eigenvalue weighted by atomic mass is 16.2. The van der Waals surface area contributed by atoms with Crippen molar-refractivity contribution in [2.75, 3.05) is 9.80 Å². The van der Waals surface area contributed by atoms with E-state index in [0.29, 0.717) is 0 Å². The fourth-order valence-electron chi connectivity index (χ4n) is 7.44. The average Bonchev–Trinajstić information content (AvgIpc) is 3.23. The molecular formula is C37H38N2O2. The van der Waals surface area contributed by atoms with Gasteiger partial charge in [-0.1, -0.05) is 83.9 Å². The van der Waals surface area contributed by atoms with E-state index >= 15 is 0 Å². The number of aryl methyl sites for hydroxylation is 6. The third-order valence-electron chi connectivity index (χ3n) is 8.97. The van der Waals surface area contributed by atoms with Crippen molar-refractivity contribution in [2.45, 2.75) is 67.5 Å². The summed E-state index contributed by atoms with van der Waals surface area (Å²) < 4.78 is 0. The predicted molar refractivity (Wildman–Crippen MR) is 168 cm³/mol. The van der Waals surface area contributed by atoms with E-state index in [1.807, 2.05) is 9.80 Å². The summed E-state index contributed by atoms with van der Waals surface area (Å²) in [6.07, 6.45) is -0.590. The maximum atomic E-state index is 14.7. The summed E-state index contributed by atoms with van der Waals surface area (Å²) in [5, 5.41) is 0. The van der Waals surface area contributed by atoms with Crippen LogP contribution in [0.5, 0.6) is 0 Å². The van der Waals surface area contributed by atoms with Crippen molar-refractivity contribution in [3.8, 4) is 11.1 Å². The molecule has 0 saturated carbocycles. The van der Waals surface area contributed by atoms with Crippen LogP contribution in [0.25, 0.3) is 11.1 Å². The molecule has 4 heteroatoms. The van der Waals surface area contributed by atoms with Crippen LogP contribution in [0.3, 0.4) is 0 Å². The Morgan fingerprint density at radius 3 is 1.27 bits per heavy atom. The van der Waals surface area contributed by atoms with Gasteiger partial charge in [0.1, 0.15) is 11.6 Å². The van der Waals surface area contributed by atoms with Gasteiger partial charge < -0.3 is 0 Å². The highest BCUT2D eigenvalue weighted by molar-refractivity contribution is 6.20. The molecule has 0 N–H and O–H groups in total. The highest BCUT2D eigenvalue weighted by Crippen LogP contribution is 2.53. The van der Waals surface area contributed by atoms with Crippen molar-refractivity contribution in [3.05, 3.63) is 117 Å². The van der Waals surface area contributed by atoms with Crippen molar-refractivity contribution in [3.63, 3.8) is 0 Å². The topological polar surface area (TPSA) is 40.6 Å². The lowest BCUT2D eigenvalue weighted by atomic mass is 9.80. The second-order valence-corrected chi connectivity index (χ2v) is 12.5. The number of carbonyl (C=O) groups is 2. The number of hydrogen-bond acceptors (Lipinski definition) is 2. The number of hydrogen-bond donors (Lipinski definition) is 0. The van der Waals surface area contributed by atoms with Crippen LogP contribution in [-0.2, 0) is 9.59 Å². The number of carbonyl (C=O) groups excluding carboxylic acids is 2. The summed E-state index contributed by atoms with van der Waals surface area (Å²) in [5.74, 6) is -0.558. The average molecular weight is 543 g/mol. The SMILES string of the molecule is Cc1cc(C)c(N2C(=O)C(C)(C)C(=O)N(c3c(C)cc(C)cc3C)C2C2c3ccccc3-c3ccccc32)c(C)c1. The summed E-state index contributed by atoms with van der Waals surface area (Å²) in [6, 6.07) is 25.4. The first-order valence-electron chi connectivity index (χ1n) is 14.4. The van der Waals surface area contributed by atoms with Gasteiger partial charge in [0, 0.05) is 0 Å². The van der Waals surface area contributed by atoms with Gasteiger partial charge in [0.05, 0.1) is 17.3 Å². The van der Waals surface area contributed by atoms with E-state index in [1.54, 1.807) is 13.8 Å². The van der Waals surface area contributed by atoms with Gasteiger partial charge in [0.2, 0.25) is 11.8 Å². The van der Waals surface area contributed by atoms with Crippen molar-refractivity contribution >= 4 is 23.2 Å². The van der Waals surface area contributed by atoms with Crippen LogP contribution < -0.4 is 9.80 Å². The quantitative estimate of drug-likeness (QED) is 0.246. The number of anilines is 2. The molecular weight excluding hydrogens is 504 g/mol. The van der Waals surface area contributed by atoms with E-state index < -0.39 is 11.6 Å². The lowest BCUT2D eigenvalue weighted by Crippen LogP contribution is -2.69. The lowest BCUT2D eigenvalue weighted by molar-refractivity contribution is -0.141. The zero-order chi connectivity index (χ0) is 29.4. The summed E-state index contributed by atoms with van der Waals surface area (Å²) >= 11 is 0. The normalized spacial score (nSPS) is 16.8. The Kier molecular flexibility index (Phi) is 6.22. The second-order valence-electron chi connectivity index (χ2n) is 12.5. The molecule has 0 unspecified atom stereocenters. The molecule has 1 aliphatic carbocycles. The molecule has 1 fully saturated rings. The van der Waals surface area contributed by atoms with Gasteiger partial charge >= 0.3 is 0 Å². The van der Waals surface area contributed by atoms with Crippen LogP contribution in [0, 0.1) is 47.0 Å². The van der Waals surface area contributed by atoms with Gasteiger partial charge in [-0.3, -0.25) is 19.4 Å². The van der Waals surface area contributed by atoms with Crippen LogP contribution in [0.1, 0.15) is 64.3 Å². The maximum Gasteiger partial charge on any atom is 0.243 e. The number of nitrogens with zero attached hydrogens (tertiary/aromatic N) is 2. The Hall–Kier alpha value is -4.18. The van der Waals surface area contributed by atoms with Crippen molar-refractivity contribution < 1.29 is 9.59 Å². The van der Waals surface area contributed by atoms with Gasteiger partial charge in [-0.2, -0.15) is 0 Å². The molecule has 1 aliphatic heterocycles. The minimum Gasteiger partial charge on any atom is -0.289 e. The first kappa shape index (κ1) is 27.0. The van der Waals surface area contributed by atoms with Crippen molar-refractivity contribution in [2.24, 2.45) is 5.41 Å². The van der Waals surface area contributed by atoms with Crippen LogP contribution in [0.2, 0.25) is 0 Å². The van der Waals surface area contributed by atoms with E-state index in [4.69, 9.17) is 0 Å². The molecule has 0 aromatic heterocycles. The first-order chi connectivity index (χ1) is 19.4. The molecule has 208 valence electrons. The Morgan fingerprint density at radius 2 is 0.902 bits per heavy atom. The lowest BCUT2D eigenvalue weighted by Gasteiger charge is -2.52. The summed E-state index contributed by atoms with van der Waals surface area (Å²) in [6.45, 7) is 16.0. The van der Waals surface area contributed by atoms with Gasteiger partial charge in [0.15, 0.2) is 0 Å². The van der Waals surface area contributed by atoms with Crippen molar-refractivity contribution in [1.29, 1.82) is 0 Å². The second kappa shape index (κ2) is 9.44. The van der Waals surface area contributed by atoms with E-state index in [0.717, 1.165) is 67.0 Å². The number of benzene rings is 4. The molecule has 0 atom stereocenters. The molecule has 4 nitrogen and oxygen atoms in total. The largest absolute Gasteiger partial charge is 0.289 e. The van der Waals surface area contributed by atoms with Crippen LogP contribution in [-0.4, -0.2) is 18.0 Å². The zero-order valence-corrected chi connectivity index (χ0v) is 25.3. The van der Waals surface area contributed by atoms with Crippen LogP contribution in [0.4, 0.5) is 11.4 Å². The van der Waals surface area contributed by atoms with Crippen LogP contribution in [0.15, 0.2) is 72.8 Å². The first-order valence-corrected chi connectivity index (χ1v) is 14.4. The van der Waals surface area contributed by atoms with Crippen molar-refractivity contribution in [1.82, 2.24) is 0 Å². The van der Waals surface area contributed by atoms with Gasteiger partial charge in [-0.05, 0) is 99.9 Å². The Bertz CT molecular complexity index is 1580. The van der Waals surface area contributed by atoms with E-state index in [2.05, 4.69) is 114 Å². The number of rotatable bonds is 3. The Morgan fingerprint density at radius 1 is 0.561 bits per heavy atom. The molecule has 4 aromatic rings. The Balaban J connectivity index is 1.73. The van der Waals surface area contributed by atoms with Gasteiger partial charge in [-0.15, -0.1) is 0 Å². The van der Waals surface area contributed by atoms with E-state index in [-0.39, 0.29) is 17.7 Å². The third-order valence-corrected chi connectivity index (χ3v) is 8.97. The van der Waals surface area contributed by atoms with Gasteiger partial charge in [0.25, 0.3) is 0 Å². The number of fused-ring (bicyclic) bond motifs is 3. The minimum atomic E-state index is -1.25. The summed E-state index contributed by atoms with van der Waals surface area (Å²) in [7, 11) is 0. The molecule has 2 aliphatic rings. The summed E-state index contributed by atoms with van der Waals surface area (Å²) in [4.78, 5) is 33.4. The van der Waals surface area contributed by atoms with Crippen LogP contribution >= 0.6 is 0 Å².